The van der Waals surface area contributed by atoms with Gasteiger partial charge in [0.25, 0.3) is 0 Å². The predicted molar refractivity (Wildman–Crippen MR) is 124 cm³/mol. The van der Waals surface area contributed by atoms with Gasteiger partial charge in [-0.15, -0.1) is 11.3 Å². The number of amides is 1. The minimum absolute atomic E-state index is 0.322. The molecule has 3 aromatic rings. The van der Waals surface area contributed by atoms with E-state index in [1.54, 1.807) is 18.2 Å². The summed E-state index contributed by atoms with van der Waals surface area (Å²) in [5.41, 5.74) is 4.00. The van der Waals surface area contributed by atoms with E-state index in [4.69, 9.17) is 16.3 Å². The molecule has 0 spiro atoms. The smallest absolute Gasteiger partial charge is 0.341 e. The number of benzene rings is 2. The summed E-state index contributed by atoms with van der Waals surface area (Å²) in [6.45, 7) is 4.27. The first-order valence-electron chi connectivity index (χ1n) is 9.43. The van der Waals surface area contributed by atoms with Gasteiger partial charge in [0.1, 0.15) is 10.6 Å². The lowest BCUT2D eigenvalue weighted by atomic mass is 10.0. The number of carbonyl (C=O) groups excluding carboxylic acids is 2. The summed E-state index contributed by atoms with van der Waals surface area (Å²) in [5.74, 6) is -0.376. The maximum Gasteiger partial charge on any atom is 0.341 e. The monoisotopic (exact) mass is 439 g/mol. The van der Waals surface area contributed by atoms with E-state index < -0.39 is 5.97 Å². The van der Waals surface area contributed by atoms with Gasteiger partial charge in [-0.2, -0.15) is 0 Å². The van der Waals surface area contributed by atoms with Crippen molar-refractivity contribution in [1.29, 1.82) is 0 Å². The highest BCUT2D eigenvalue weighted by molar-refractivity contribution is 7.15. The zero-order chi connectivity index (χ0) is 21.7. The molecule has 0 radical (unpaired) electrons. The minimum Gasteiger partial charge on any atom is -0.465 e. The van der Waals surface area contributed by atoms with E-state index in [0.717, 1.165) is 11.1 Å². The van der Waals surface area contributed by atoms with Gasteiger partial charge in [0.15, 0.2) is 0 Å². The lowest BCUT2D eigenvalue weighted by molar-refractivity contribution is -0.111. The van der Waals surface area contributed by atoms with E-state index in [-0.39, 0.29) is 5.91 Å². The number of carbonyl (C=O) groups is 2. The number of thiophene rings is 1. The molecular formula is C24H22ClNO3S. The van der Waals surface area contributed by atoms with Crippen LogP contribution in [0.5, 0.6) is 0 Å². The van der Waals surface area contributed by atoms with Gasteiger partial charge in [0.05, 0.1) is 7.11 Å². The Labute approximate surface area is 185 Å². The Morgan fingerprint density at radius 1 is 1.07 bits per heavy atom. The van der Waals surface area contributed by atoms with Gasteiger partial charge in [-0.05, 0) is 40.8 Å². The molecule has 0 aliphatic carbocycles. The Hall–Kier alpha value is -2.89. The molecule has 0 saturated heterocycles. The second-order valence-corrected chi connectivity index (χ2v) is 8.31. The SMILES string of the molecule is COC(=O)c1c(-c2ccc(Cl)cc2)csc1NC(=O)C=Cc1ccc(C(C)C)cc1. The summed E-state index contributed by atoms with van der Waals surface area (Å²) >= 11 is 7.23. The van der Waals surface area contributed by atoms with E-state index in [9.17, 15) is 9.59 Å². The molecule has 1 heterocycles. The molecule has 0 saturated carbocycles. The Morgan fingerprint density at radius 3 is 2.33 bits per heavy atom. The third-order valence-corrected chi connectivity index (χ3v) is 5.75. The third-order valence-electron chi connectivity index (χ3n) is 4.60. The minimum atomic E-state index is -0.509. The molecule has 4 nitrogen and oxygen atoms in total. The summed E-state index contributed by atoms with van der Waals surface area (Å²) in [5, 5.41) is 5.66. The molecule has 0 bridgehead atoms. The highest BCUT2D eigenvalue weighted by Gasteiger charge is 2.21. The van der Waals surface area contributed by atoms with Crippen molar-refractivity contribution < 1.29 is 14.3 Å². The number of halogens is 1. The maximum atomic E-state index is 12.5. The Bertz CT molecular complexity index is 1070. The van der Waals surface area contributed by atoms with Crippen LogP contribution >= 0.6 is 22.9 Å². The van der Waals surface area contributed by atoms with Crippen LogP contribution < -0.4 is 5.32 Å². The lowest BCUT2D eigenvalue weighted by Crippen LogP contribution is -2.11. The summed E-state index contributed by atoms with van der Waals surface area (Å²) in [7, 11) is 1.32. The van der Waals surface area contributed by atoms with E-state index in [0.29, 0.717) is 27.1 Å². The molecule has 2 aromatic carbocycles. The number of nitrogens with one attached hydrogen (secondary N) is 1. The molecule has 1 N–H and O–H groups in total. The molecular weight excluding hydrogens is 418 g/mol. The van der Waals surface area contributed by atoms with Gasteiger partial charge in [0.2, 0.25) is 5.91 Å². The number of hydrogen-bond donors (Lipinski definition) is 1. The summed E-state index contributed by atoms with van der Waals surface area (Å²) < 4.78 is 4.93. The van der Waals surface area contributed by atoms with Gasteiger partial charge < -0.3 is 10.1 Å². The van der Waals surface area contributed by atoms with Gasteiger partial charge in [0, 0.05) is 22.0 Å². The fourth-order valence-corrected chi connectivity index (χ4v) is 4.00. The first-order valence-corrected chi connectivity index (χ1v) is 10.7. The average molecular weight is 440 g/mol. The number of esters is 1. The van der Waals surface area contributed by atoms with Crippen molar-refractivity contribution in [2.45, 2.75) is 19.8 Å². The van der Waals surface area contributed by atoms with Crippen LogP contribution in [-0.2, 0) is 9.53 Å². The van der Waals surface area contributed by atoms with Crippen LogP contribution in [0.4, 0.5) is 5.00 Å². The van der Waals surface area contributed by atoms with E-state index >= 15 is 0 Å². The highest BCUT2D eigenvalue weighted by atomic mass is 35.5. The second-order valence-electron chi connectivity index (χ2n) is 7.00. The topological polar surface area (TPSA) is 55.4 Å². The van der Waals surface area contributed by atoms with Crippen molar-refractivity contribution in [3.05, 3.63) is 81.7 Å². The van der Waals surface area contributed by atoms with Crippen LogP contribution in [-0.4, -0.2) is 19.0 Å². The molecule has 0 fully saturated rings. The van der Waals surface area contributed by atoms with Crippen molar-refractivity contribution in [1.82, 2.24) is 0 Å². The molecule has 154 valence electrons. The van der Waals surface area contributed by atoms with Gasteiger partial charge >= 0.3 is 5.97 Å². The number of ether oxygens (including phenoxy) is 1. The molecule has 1 aromatic heterocycles. The van der Waals surface area contributed by atoms with Crippen LogP contribution in [0.2, 0.25) is 5.02 Å². The van der Waals surface area contributed by atoms with Crippen LogP contribution in [0.3, 0.4) is 0 Å². The Balaban J connectivity index is 1.80. The third kappa shape index (κ3) is 5.17. The summed E-state index contributed by atoms with van der Waals surface area (Å²) in [4.78, 5) is 24.8. The van der Waals surface area contributed by atoms with Crippen molar-refractivity contribution >= 4 is 45.9 Å². The van der Waals surface area contributed by atoms with Crippen molar-refractivity contribution in [3.8, 4) is 11.1 Å². The van der Waals surface area contributed by atoms with E-state index in [1.807, 2.05) is 29.6 Å². The molecule has 6 heteroatoms. The quantitative estimate of drug-likeness (QED) is 0.346. The molecule has 0 aliphatic heterocycles. The molecule has 3 rings (SSSR count). The van der Waals surface area contributed by atoms with E-state index in [1.165, 1.54) is 30.1 Å². The van der Waals surface area contributed by atoms with E-state index in [2.05, 4.69) is 31.3 Å². The average Bonchev–Trinajstić information content (AvgIpc) is 3.15. The summed E-state index contributed by atoms with van der Waals surface area (Å²) in [6.07, 6.45) is 3.19. The van der Waals surface area contributed by atoms with Crippen LogP contribution in [0.15, 0.2) is 60.0 Å². The largest absolute Gasteiger partial charge is 0.465 e. The first-order chi connectivity index (χ1) is 14.4. The molecule has 0 unspecified atom stereocenters. The van der Waals surface area contributed by atoms with Gasteiger partial charge in [-0.1, -0.05) is 61.8 Å². The number of rotatable bonds is 6. The van der Waals surface area contributed by atoms with Crippen LogP contribution in [0, 0.1) is 0 Å². The normalized spacial score (nSPS) is 11.1. The van der Waals surface area contributed by atoms with Crippen molar-refractivity contribution in [2.24, 2.45) is 0 Å². The fraction of sp³-hybridized carbons (Fsp3) is 0.167. The highest BCUT2D eigenvalue weighted by Crippen LogP contribution is 2.36. The molecule has 0 aliphatic rings. The first kappa shape index (κ1) is 21.8. The number of hydrogen-bond acceptors (Lipinski definition) is 4. The standard InChI is InChI=1S/C24H22ClNO3S/c1-15(2)17-7-4-16(5-8-17)6-13-21(27)26-23-22(24(28)29-3)20(14-30-23)18-9-11-19(25)12-10-18/h4-15H,1-3H3,(H,26,27). The number of anilines is 1. The Morgan fingerprint density at radius 2 is 1.73 bits per heavy atom. The molecule has 0 atom stereocenters. The lowest BCUT2D eigenvalue weighted by Gasteiger charge is -2.07. The van der Waals surface area contributed by atoms with Gasteiger partial charge in [-0.3, -0.25) is 4.79 Å². The molecule has 30 heavy (non-hydrogen) atoms. The fourth-order valence-electron chi connectivity index (χ4n) is 2.91. The van der Waals surface area contributed by atoms with Crippen molar-refractivity contribution in [3.63, 3.8) is 0 Å². The maximum absolute atomic E-state index is 12.5. The van der Waals surface area contributed by atoms with Gasteiger partial charge in [-0.25, -0.2) is 4.79 Å². The predicted octanol–water partition coefficient (Wildman–Crippen LogP) is 6.63. The van der Waals surface area contributed by atoms with Crippen LogP contribution in [0.25, 0.3) is 17.2 Å². The van der Waals surface area contributed by atoms with Crippen molar-refractivity contribution in [2.75, 3.05) is 12.4 Å². The number of methoxy groups -OCH3 is 1. The summed E-state index contributed by atoms with van der Waals surface area (Å²) in [6, 6.07) is 15.2. The zero-order valence-corrected chi connectivity index (χ0v) is 18.5. The Kier molecular flexibility index (Phi) is 7.08. The second kappa shape index (κ2) is 9.74. The van der Waals surface area contributed by atoms with Crippen LogP contribution in [0.1, 0.15) is 41.3 Å². The molecule has 1 amide bonds. The zero-order valence-electron chi connectivity index (χ0n) is 16.9.